The quantitative estimate of drug-likeness (QED) is 0.109. The Morgan fingerprint density at radius 1 is 0.676 bits per heavy atom. The van der Waals surface area contributed by atoms with E-state index in [9.17, 15) is 9.59 Å². The summed E-state index contributed by atoms with van der Waals surface area (Å²) in [6.45, 7) is 6.00. The lowest BCUT2D eigenvalue weighted by atomic mass is 10.0. The largest absolute Gasteiger partial charge is 0.356 e. The van der Waals surface area contributed by atoms with Gasteiger partial charge in [0.15, 0.2) is 17.7 Å². The van der Waals surface area contributed by atoms with Crippen LogP contribution in [0.2, 0.25) is 10.0 Å². The third-order valence-corrected chi connectivity index (χ3v) is 5.87. The summed E-state index contributed by atoms with van der Waals surface area (Å²) in [5, 5.41) is 1.38. The van der Waals surface area contributed by atoms with Gasteiger partial charge in [0, 0.05) is 21.2 Å². The van der Waals surface area contributed by atoms with Crippen LogP contribution in [-0.4, -0.2) is 17.7 Å². The van der Waals surface area contributed by atoms with Crippen LogP contribution in [0.1, 0.15) is 37.9 Å². The van der Waals surface area contributed by atoms with Gasteiger partial charge in [0.2, 0.25) is 0 Å². The summed E-state index contributed by atoms with van der Waals surface area (Å²) in [6, 6.07) is 33.2. The standard InChI is InChI=1S/C15H11ClO2.C15H11ClO.C2H4/c16-12-8-6-11(7-9-12)14-15(18-14)13(17)10-4-2-1-3-5-10;16-14-9-6-12(7-10-14)8-11-15(17)13-4-2-1-3-5-13;1-2/h1-9,14-15H;1-11H;1-2H2/b;11-8+;. The molecule has 3 nitrogen and oxygen atoms in total. The molecule has 186 valence electrons. The molecule has 2 atom stereocenters. The van der Waals surface area contributed by atoms with Crippen LogP contribution in [0, 0.1) is 0 Å². The smallest absolute Gasteiger partial charge is 0.194 e. The molecule has 1 aliphatic heterocycles. The number of epoxide rings is 1. The van der Waals surface area contributed by atoms with E-state index in [2.05, 4.69) is 13.2 Å². The van der Waals surface area contributed by atoms with Crippen molar-refractivity contribution in [1.82, 2.24) is 0 Å². The van der Waals surface area contributed by atoms with Gasteiger partial charge < -0.3 is 4.74 Å². The minimum absolute atomic E-state index is 0.000509. The molecule has 0 radical (unpaired) electrons. The fraction of sp³-hybridized carbons (Fsp3) is 0.0625. The molecule has 4 aromatic rings. The summed E-state index contributed by atoms with van der Waals surface area (Å²) < 4.78 is 5.47. The van der Waals surface area contributed by atoms with Crippen molar-refractivity contribution in [2.45, 2.75) is 12.2 Å². The Morgan fingerprint density at radius 3 is 1.70 bits per heavy atom. The number of carbonyl (C=O) groups excluding carboxylic acids is 2. The minimum Gasteiger partial charge on any atom is -0.356 e. The van der Waals surface area contributed by atoms with E-state index in [-0.39, 0.29) is 23.8 Å². The lowest BCUT2D eigenvalue weighted by Crippen LogP contribution is -2.07. The molecule has 1 aliphatic rings. The second-order valence-electron chi connectivity index (χ2n) is 7.87. The number of carbonyl (C=O) groups is 2. The Balaban J connectivity index is 0.000000193. The van der Waals surface area contributed by atoms with Gasteiger partial charge in [-0.05, 0) is 41.5 Å². The molecular formula is C32H26Cl2O3. The first-order valence-electron chi connectivity index (χ1n) is 11.5. The van der Waals surface area contributed by atoms with Gasteiger partial charge in [-0.15, -0.1) is 13.2 Å². The van der Waals surface area contributed by atoms with E-state index < -0.39 is 0 Å². The Labute approximate surface area is 227 Å². The monoisotopic (exact) mass is 528 g/mol. The van der Waals surface area contributed by atoms with E-state index in [0.29, 0.717) is 21.2 Å². The topological polar surface area (TPSA) is 46.7 Å². The predicted octanol–water partition coefficient (Wildman–Crippen LogP) is 8.70. The normalized spacial score (nSPS) is 15.5. The average molecular weight is 529 g/mol. The summed E-state index contributed by atoms with van der Waals surface area (Å²) in [7, 11) is 0. The number of benzene rings is 4. The average Bonchev–Trinajstić information content (AvgIpc) is 3.76. The Kier molecular flexibility index (Phi) is 10.6. The molecule has 0 amide bonds. The molecule has 37 heavy (non-hydrogen) atoms. The molecule has 2 unspecified atom stereocenters. The number of allylic oxidation sites excluding steroid dienone is 1. The molecular weight excluding hydrogens is 503 g/mol. The number of ketones is 2. The van der Waals surface area contributed by atoms with Crippen LogP contribution in [0.5, 0.6) is 0 Å². The Bertz CT molecular complexity index is 1320. The van der Waals surface area contributed by atoms with E-state index in [1.165, 1.54) is 0 Å². The van der Waals surface area contributed by atoms with Gasteiger partial charge in [0.1, 0.15) is 6.10 Å². The molecule has 5 heteroatoms. The maximum atomic E-state index is 12.1. The summed E-state index contributed by atoms with van der Waals surface area (Å²) in [5.41, 5.74) is 3.34. The first-order chi connectivity index (χ1) is 18.0. The number of rotatable bonds is 6. The van der Waals surface area contributed by atoms with E-state index in [4.69, 9.17) is 27.9 Å². The van der Waals surface area contributed by atoms with Gasteiger partial charge in [-0.25, -0.2) is 0 Å². The van der Waals surface area contributed by atoms with Crippen molar-refractivity contribution in [3.63, 3.8) is 0 Å². The van der Waals surface area contributed by atoms with Gasteiger partial charge in [-0.1, -0.05) is 114 Å². The van der Waals surface area contributed by atoms with Crippen molar-refractivity contribution in [2.24, 2.45) is 0 Å². The van der Waals surface area contributed by atoms with Crippen LogP contribution in [-0.2, 0) is 4.74 Å². The fourth-order valence-electron chi connectivity index (χ4n) is 3.43. The van der Waals surface area contributed by atoms with E-state index >= 15 is 0 Å². The molecule has 4 aromatic carbocycles. The highest BCUT2D eigenvalue weighted by molar-refractivity contribution is 6.30. The predicted molar refractivity (Wildman–Crippen MR) is 152 cm³/mol. The van der Waals surface area contributed by atoms with Crippen LogP contribution in [0.4, 0.5) is 0 Å². The first kappa shape index (κ1) is 27.8. The third-order valence-electron chi connectivity index (χ3n) is 5.36. The third kappa shape index (κ3) is 8.40. The SMILES string of the molecule is C=C.O=C(/C=C/c1ccc(Cl)cc1)c1ccccc1.O=C(c1ccccc1)C1OC1c1ccc(Cl)cc1. The number of halogens is 2. The van der Waals surface area contributed by atoms with Crippen LogP contribution in [0.15, 0.2) is 128 Å². The molecule has 0 spiro atoms. The lowest BCUT2D eigenvalue weighted by Gasteiger charge is -1.97. The summed E-state index contributed by atoms with van der Waals surface area (Å²) in [6.07, 6.45) is 2.87. The van der Waals surface area contributed by atoms with Gasteiger partial charge >= 0.3 is 0 Å². The molecule has 1 saturated heterocycles. The number of hydrogen-bond donors (Lipinski definition) is 0. The zero-order valence-corrected chi connectivity index (χ0v) is 21.6. The molecule has 0 aromatic heterocycles. The van der Waals surface area contributed by atoms with Crippen LogP contribution < -0.4 is 0 Å². The van der Waals surface area contributed by atoms with Crippen LogP contribution in [0.3, 0.4) is 0 Å². The molecule has 5 rings (SSSR count). The van der Waals surface area contributed by atoms with Crippen molar-refractivity contribution in [3.8, 4) is 0 Å². The molecule has 0 saturated carbocycles. The van der Waals surface area contributed by atoms with Crippen molar-refractivity contribution in [2.75, 3.05) is 0 Å². The van der Waals surface area contributed by atoms with E-state index in [0.717, 1.165) is 11.1 Å². The highest BCUT2D eigenvalue weighted by Gasteiger charge is 2.46. The zero-order valence-electron chi connectivity index (χ0n) is 20.1. The van der Waals surface area contributed by atoms with Crippen molar-refractivity contribution in [3.05, 3.63) is 161 Å². The van der Waals surface area contributed by atoms with Gasteiger partial charge in [0.05, 0.1) is 0 Å². The fourth-order valence-corrected chi connectivity index (χ4v) is 3.68. The molecule has 1 fully saturated rings. The second kappa shape index (κ2) is 14.1. The van der Waals surface area contributed by atoms with E-state index in [1.54, 1.807) is 36.4 Å². The van der Waals surface area contributed by atoms with Gasteiger partial charge in [0.25, 0.3) is 0 Å². The zero-order chi connectivity index (χ0) is 26.6. The van der Waals surface area contributed by atoms with Gasteiger partial charge in [-0.3, -0.25) is 9.59 Å². The number of ether oxygens (including phenoxy) is 1. The number of hydrogen-bond acceptors (Lipinski definition) is 3. The Hall–Kier alpha value is -3.76. The van der Waals surface area contributed by atoms with Crippen LogP contribution in [0.25, 0.3) is 6.08 Å². The van der Waals surface area contributed by atoms with Gasteiger partial charge in [-0.2, -0.15) is 0 Å². The summed E-state index contributed by atoms with van der Waals surface area (Å²) >= 11 is 11.6. The highest BCUT2D eigenvalue weighted by Crippen LogP contribution is 2.40. The summed E-state index contributed by atoms with van der Waals surface area (Å²) in [4.78, 5) is 23.9. The van der Waals surface area contributed by atoms with Crippen molar-refractivity contribution < 1.29 is 14.3 Å². The number of Topliss-reactive ketones (excluding diaryl/α,β-unsaturated/α-hetero) is 1. The van der Waals surface area contributed by atoms with E-state index in [1.807, 2.05) is 84.9 Å². The van der Waals surface area contributed by atoms with Crippen LogP contribution >= 0.6 is 23.2 Å². The minimum atomic E-state index is -0.353. The first-order valence-corrected chi connectivity index (χ1v) is 12.3. The molecule has 0 N–H and O–H groups in total. The molecule has 1 heterocycles. The molecule has 0 aliphatic carbocycles. The van der Waals surface area contributed by atoms with Crippen molar-refractivity contribution >= 4 is 40.8 Å². The van der Waals surface area contributed by atoms with Crippen molar-refractivity contribution in [1.29, 1.82) is 0 Å². The Morgan fingerprint density at radius 2 is 1.16 bits per heavy atom. The lowest BCUT2D eigenvalue weighted by molar-refractivity contribution is 0.0953. The highest BCUT2D eigenvalue weighted by atomic mass is 35.5. The summed E-state index contributed by atoms with van der Waals surface area (Å²) in [5.74, 6) is 0.0381. The second-order valence-corrected chi connectivity index (χ2v) is 8.75. The maximum absolute atomic E-state index is 12.1. The maximum Gasteiger partial charge on any atom is 0.194 e. The molecule has 0 bridgehead atoms.